The number of benzene rings is 2. The Hall–Kier alpha value is -2.55. The maximum absolute atomic E-state index is 12.5. The lowest BCUT2D eigenvalue weighted by Gasteiger charge is -2.02. The number of aryl methyl sites for hydroxylation is 2. The molecule has 0 fully saturated rings. The van der Waals surface area contributed by atoms with E-state index in [2.05, 4.69) is 0 Å². The highest BCUT2D eigenvalue weighted by Gasteiger charge is 2.15. The third kappa shape index (κ3) is 1.97. The van der Waals surface area contributed by atoms with Gasteiger partial charge < -0.3 is 10.2 Å². The number of furan rings is 1. The van der Waals surface area contributed by atoms with Gasteiger partial charge in [0.25, 0.3) is 0 Å². The van der Waals surface area contributed by atoms with E-state index in [1.807, 2.05) is 32.0 Å². The number of ketones is 1. The summed E-state index contributed by atoms with van der Waals surface area (Å²) in [4.78, 5) is 12.5. The van der Waals surface area contributed by atoms with Crippen LogP contribution in [-0.2, 0) is 0 Å². The molecular formula is C17H15NO2. The molecule has 0 unspecified atom stereocenters. The zero-order chi connectivity index (χ0) is 14.3. The minimum atomic E-state index is -0.122. The van der Waals surface area contributed by atoms with Crippen molar-refractivity contribution in [3.8, 4) is 0 Å². The Bertz CT molecular complexity index is 815. The van der Waals surface area contributed by atoms with Crippen molar-refractivity contribution in [3.63, 3.8) is 0 Å². The molecule has 1 heterocycles. The molecule has 100 valence electrons. The summed E-state index contributed by atoms with van der Waals surface area (Å²) < 4.78 is 5.70. The summed E-state index contributed by atoms with van der Waals surface area (Å²) in [5, 5.41) is 0.945. The van der Waals surface area contributed by atoms with Crippen LogP contribution >= 0.6 is 0 Å². The summed E-state index contributed by atoms with van der Waals surface area (Å²) >= 11 is 0. The second-order valence-corrected chi connectivity index (χ2v) is 5.00. The summed E-state index contributed by atoms with van der Waals surface area (Å²) in [6.45, 7) is 3.85. The second kappa shape index (κ2) is 4.53. The number of hydrogen-bond acceptors (Lipinski definition) is 3. The molecule has 0 bridgehead atoms. The number of hydrogen-bond donors (Lipinski definition) is 1. The molecule has 3 aromatic rings. The average molecular weight is 265 g/mol. The van der Waals surface area contributed by atoms with Crippen molar-refractivity contribution in [2.75, 3.05) is 5.73 Å². The number of rotatable bonds is 2. The third-order valence-electron chi connectivity index (χ3n) is 3.50. The van der Waals surface area contributed by atoms with Gasteiger partial charge in [-0.25, -0.2) is 0 Å². The van der Waals surface area contributed by atoms with Gasteiger partial charge in [-0.1, -0.05) is 18.2 Å². The Morgan fingerprint density at radius 2 is 1.85 bits per heavy atom. The summed E-state index contributed by atoms with van der Waals surface area (Å²) in [5.41, 5.74) is 9.73. The van der Waals surface area contributed by atoms with Gasteiger partial charge in [0, 0.05) is 16.6 Å². The molecule has 3 nitrogen and oxygen atoms in total. The highest BCUT2D eigenvalue weighted by molar-refractivity contribution is 6.09. The molecule has 2 N–H and O–H groups in total. The molecule has 0 spiro atoms. The van der Waals surface area contributed by atoms with E-state index in [1.165, 1.54) is 0 Å². The fraction of sp³-hybridized carbons (Fsp3) is 0.118. The van der Waals surface area contributed by atoms with Crippen LogP contribution in [-0.4, -0.2) is 5.78 Å². The van der Waals surface area contributed by atoms with E-state index < -0.39 is 0 Å². The van der Waals surface area contributed by atoms with Gasteiger partial charge in [-0.2, -0.15) is 0 Å². The molecule has 1 aromatic heterocycles. The minimum absolute atomic E-state index is 0.122. The van der Waals surface area contributed by atoms with E-state index in [9.17, 15) is 4.79 Å². The Labute approximate surface area is 117 Å². The highest BCUT2D eigenvalue weighted by atomic mass is 16.3. The van der Waals surface area contributed by atoms with Crippen LogP contribution in [0.4, 0.5) is 5.69 Å². The van der Waals surface area contributed by atoms with Crippen LogP contribution < -0.4 is 5.73 Å². The largest absolute Gasteiger partial charge is 0.452 e. The van der Waals surface area contributed by atoms with Crippen molar-refractivity contribution in [2.45, 2.75) is 13.8 Å². The van der Waals surface area contributed by atoms with Gasteiger partial charge >= 0.3 is 0 Å². The fourth-order valence-corrected chi connectivity index (χ4v) is 2.28. The number of carbonyl (C=O) groups excluding carboxylic acids is 1. The van der Waals surface area contributed by atoms with Gasteiger partial charge in [0.1, 0.15) is 5.58 Å². The van der Waals surface area contributed by atoms with Gasteiger partial charge in [-0.15, -0.1) is 0 Å². The van der Waals surface area contributed by atoms with Crippen LogP contribution in [0.25, 0.3) is 11.0 Å². The Morgan fingerprint density at radius 3 is 2.55 bits per heavy atom. The first-order valence-corrected chi connectivity index (χ1v) is 6.46. The van der Waals surface area contributed by atoms with E-state index in [0.29, 0.717) is 17.0 Å². The molecule has 0 saturated carbocycles. The van der Waals surface area contributed by atoms with Gasteiger partial charge in [0.05, 0.1) is 0 Å². The van der Waals surface area contributed by atoms with Crippen LogP contribution in [0, 0.1) is 13.8 Å². The van der Waals surface area contributed by atoms with Crippen molar-refractivity contribution in [3.05, 3.63) is 64.9 Å². The van der Waals surface area contributed by atoms with Crippen LogP contribution in [0.5, 0.6) is 0 Å². The number of nitrogens with two attached hydrogens (primary N) is 1. The zero-order valence-electron chi connectivity index (χ0n) is 11.4. The lowest BCUT2D eigenvalue weighted by Crippen LogP contribution is -2.01. The Kier molecular flexibility index (Phi) is 2.83. The molecule has 0 aliphatic heterocycles. The predicted octanol–water partition coefficient (Wildman–Crippen LogP) is 3.86. The van der Waals surface area contributed by atoms with E-state index in [-0.39, 0.29) is 5.78 Å². The molecule has 0 radical (unpaired) electrons. The van der Waals surface area contributed by atoms with Crippen molar-refractivity contribution in [2.24, 2.45) is 0 Å². The SMILES string of the molecule is Cc1cc(C(=O)c2cc3cccc(C)c3o2)ccc1N. The molecule has 0 aliphatic carbocycles. The number of carbonyl (C=O) groups is 1. The van der Waals surface area contributed by atoms with Gasteiger partial charge in [0.15, 0.2) is 5.76 Å². The number of fused-ring (bicyclic) bond motifs is 1. The van der Waals surface area contributed by atoms with Crippen LogP contribution in [0.3, 0.4) is 0 Å². The standard InChI is InChI=1S/C17H15NO2/c1-10-4-3-5-13-9-15(20-17(10)13)16(19)12-6-7-14(18)11(2)8-12/h3-9H,18H2,1-2H3. The molecule has 0 amide bonds. The first kappa shape index (κ1) is 12.5. The topological polar surface area (TPSA) is 56.2 Å². The summed E-state index contributed by atoms with van der Waals surface area (Å²) in [6.07, 6.45) is 0. The Balaban J connectivity index is 2.08. The van der Waals surface area contributed by atoms with Crippen molar-refractivity contribution in [1.82, 2.24) is 0 Å². The first-order valence-electron chi connectivity index (χ1n) is 6.46. The lowest BCUT2D eigenvalue weighted by atomic mass is 10.0. The fourth-order valence-electron chi connectivity index (χ4n) is 2.28. The van der Waals surface area contributed by atoms with E-state index in [1.54, 1.807) is 24.3 Å². The third-order valence-corrected chi connectivity index (χ3v) is 3.50. The van der Waals surface area contributed by atoms with Crippen LogP contribution in [0.2, 0.25) is 0 Å². The van der Waals surface area contributed by atoms with Crippen molar-refractivity contribution >= 4 is 22.4 Å². The average Bonchev–Trinajstić information content (AvgIpc) is 2.86. The molecular weight excluding hydrogens is 250 g/mol. The number of para-hydroxylation sites is 1. The molecule has 0 aliphatic rings. The Morgan fingerprint density at radius 1 is 1.05 bits per heavy atom. The first-order chi connectivity index (χ1) is 9.56. The van der Waals surface area contributed by atoms with Crippen LogP contribution in [0.1, 0.15) is 27.2 Å². The lowest BCUT2D eigenvalue weighted by molar-refractivity contribution is 0.101. The molecule has 20 heavy (non-hydrogen) atoms. The molecule has 3 rings (SSSR count). The molecule has 0 saturated heterocycles. The minimum Gasteiger partial charge on any atom is -0.452 e. The zero-order valence-corrected chi connectivity index (χ0v) is 11.4. The van der Waals surface area contributed by atoms with E-state index in [4.69, 9.17) is 10.2 Å². The summed E-state index contributed by atoms with van der Waals surface area (Å²) in [7, 11) is 0. The molecule has 0 atom stereocenters. The monoisotopic (exact) mass is 265 g/mol. The van der Waals surface area contributed by atoms with Gasteiger partial charge in [0.2, 0.25) is 5.78 Å². The van der Waals surface area contributed by atoms with Crippen molar-refractivity contribution < 1.29 is 9.21 Å². The van der Waals surface area contributed by atoms with E-state index in [0.717, 1.165) is 22.1 Å². The normalized spacial score (nSPS) is 10.9. The second-order valence-electron chi connectivity index (χ2n) is 5.00. The van der Waals surface area contributed by atoms with Crippen LogP contribution in [0.15, 0.2) is 46.9 Å². The maximum Gasteiger partial charge on any atom is 0.228 e. The smallest absolute Gasteiger partial charge is 0.228 e. The number of nitrogen functional groups attached to an aromatic ring is 1. The molecule has 3 heteroatoms. The molecule has 2 aromatic carbocycles. The quantitative estimate of drug-likeness (QED) is 0.565. The highest BCUT2D eigenvalue weighted by Crippen LogP contribution is 2.25. The van der Waals surface area contributed by atoms with Crippen molar-refractivity contribution in [1.29, 1.82) is 0 Å². The maximum atomic E-state index is 12.5. The summed E-state index contributed by atoms with van der Waals surface area (Å²) in [5.74, 6) is 0.238. The number of anilines is 1. The predicted molar refractivity (Wildman–Crippen MR) is 80.0 cm³/mol. The van der Waals surface area contributed by atoms with Gasteiger partial charge in [-0.05, 0) is 49.2 Å². The summed E-state index contributed by atoms with van der Waals surface area (Å²) in [6, 6.07) is 12.9. The van der Waals surface area contributed by atoms with E-state index >= 15 is 0 Å². The van der Waals surface area contributed by atoms with Gasteiger partial charge in [-0.3, -0.25) is 4.79 Å².